The summed E-state index contributed by atoms with van der Waals surface area (Å²) in [6.45, 7) is 7.95. The van der Waals surface area contributed by atoms with Crippen LogP contribution in [0.5, 0.6) is 0 Å². The van der Waals surface area contributed by atoms with E-state index in [4.69, 9.17) is 0 Å². The highest BCUT2D eigenvalue weighted by molar-refractivity contribution is 7.14. The lowest BCUT2D eigenvalue weighted by molar-refractivity contribution is 0.101. The van der Waals surface area contributed by atoms with Gasteiger partial charge in [0.15, 0.2) is 10.9 Å². The largest absolute Gasteiger partial charge is 0.331 e. The zero-order chi connectivity index (χ0) is 14.0. The molecule has 2 rings (SSSR count). The van der Waals surface area contributed by atoms with Crippen molar-refractivity contribution in [1.29, 1.82) is 0 Å². The Labute approximate surface area is 117 Å². The van der Waals surface area contributed by atoms with Gasteiger partial charge in [-0.2, -0.15) is 0 Å². The van der Waals surface area contributed by atoms with Gasteiger partial charge in [-0.25, -0.2) is 4.98 Å². The van der Waals surface area contributed by atoms with Crippen molar-refractivity contribution in [2.75, 3.05) is 5.32 Å². The lowest BCUT2D eigenvalue weighted by Gasteiger charge is -2.15. The van der Waals surface area contributed by atoms with Crippen molar-refractivity contribution < 1.29 is 4.79 Å². The molecule has 0 saturated heterocycles. The van der Waals surface area contributed by atoms with Gasteiger partial charge < -0.3 is 5.32 Å². The first-order valence-corrected chi connectivity index (χ1v) is 7.20. The van der Waals surface area contributed by atoms with Crippen molar-refractivity contribution in [3.8, 4) is 0 Å². The van der Waals surface area contributed by atoms with Gasteiger partial charge in [0.2, 0.25) is 0 Å². The molecule has 1 heterocycles. The van der Waals surface area contributed by atoms with Crippen LogP contribution < -0.4 is 5.32 Å². The second-order valence-electron chi connectivity index (χ2n) is 4.91. The first-order valence-electron chi connectivity index (χ1n) is 6.32. The first-order chi connectivity index (χ1) is 8.99. The molecule has 4 heteroatoms. The second kappa shape index (κ2) is 5.53. The predicted molar refractivity (Wildman–Crippen MR) is 80.7 cm³/mol. The number of rotatable bonds is 4. The molecule has 0 amide bonds. The van der Waals surface area contributed by atoms with Gasteiger partial charge in [-0.15, -0.1) is 11.3 Å². The summed E-state index contributed by atoms with van der Waals surface area (Å²) >= 11 is 1.46. The average molecular weight is 274 g/mol. The zero-order valence-corrected chi connectivity index (χ0v) is 12.5. The van der Waals surface area contributed by atoms with E-state index < -0.39 is 0 Å². The fourth-order valence-electron chi connectivity index (χ4n) is 1.94. The lowest BCUT2D eigenvalue weighted by Crippen LogP contribution is -2.00. The maximum Gasteiger partial charge on any atom is 0.187 e. The number of carbonyl (C=O) groups is 1. The summed E-state index contributed by atoms with van der Waals surface area (Å²) in [7, 11) is 0. The molecule has 0 aliphatic heterocycles. The Morgan fingerprint density at radius 1 is 1.37 bits per heavy atom. The minimum atomic E-state index is -0.00170. The summed E-state index contributed by atoms with van der Waals surface area (Å²) < 4.78 is 0. The third-order valence-electron chi connectivity index (χ3n) is 3.02. The maximum atomic E-state index is 11.3. The molecule has 0 radical (unpaired) electrons. The number of nitrogens with zero attached hydrogens (tertiary/aromatic N) is 1. The number of ketones is 1. The molecule has 1 aromatic heterocycles. The summed E-state index contributed by atoms with van der Waals surface area (Å²) in [6.07, 6.45) is 0. The SMILES string of the molecule is CC(=O)c1csc(Nc2c(C)cccc2C(C)C)n1. The molecule has 2 aromatic rings. The zero-order valence-electron chi connectivity index (χ0n) is 11.7. The van der Waals surface area contributed by atoms with Gasteiger partial charge in [-0.1, -0.05) is 32.0 Å². The Hall–Kier alpha value is -1.68. The van der Waals surface area contributed by atoms with E-state index in [2.05, 4.69) is 49.3 Å². The Kier molecular flexibility index (Phi) is 4.00. The Morgan fingerprint density at radius 2 is 2.11 bits per heavy atom. The number of thiazole rings is 1. The van der Waals surface area contributed by atoms with Crippen molar-refractivity contribution in [1.82, 2.24) is 4.98 Å². The third kappa shape index (κ3) is 3.01. The van der Waals surface area contributed by atoms with E-state index in [0.717, 1.165) is 10.8 Å². The molecule has 0 atom stereocenters. The highest BCUT2D eigenvalue weighted by atomic mass is 32.1. The van der Waals surface area contributed by atoms with E-state index in [-0.39, 0.29) is 5.78 Å². The van der Waals surface area contributed by atoms with Crippen LogP contribution in [0.3, 0.4) is 0 Å². The number of benzene rings is 1. The van der Waals surface area contributed by atoms with Gasteiger partial charge in [0, 0.05) is 18.0 Å². The van der Waals surface area contributed by atoms with Crippen molar-refractivity contribution in [3.63, 3.8) is 0 Å². The van der Waals surface area contributed by atoms with Crippen molar-refractivity contribution in [2.24, 2.45) is 0 Å². The molecule has 1 aromatic carbocycles. The average Bonchev–Trinajstić information content (AvgIpc) is 2.80. The molecule has 0 aliphatic carbocycles. The van der Waals surface area contributed by atoms with Gasteiger partial charge >= 0.3 is 0 Å². The van der Waals surface area contributed by atoms with Crippen LogP contribution in [0, 0.1) is 6.92 Å². The van der Waals surface area contributed by atoms with E-state index in [9.17, 15) is 4.79 Å². The molecular weight excluding hydrogens is 256 g/mol. The highest BCUT2D eigenvalue weighted by Crippen LogP contribution is 2.31. The van der Waals surface area contributed by atoms with Crippen molar-refractivity contribution >= 4 is 27.9 Å². The predicted octanol–water partition coefficient (Wildman–Crippen LogP) is 4.52. The summed E-state index contributed by atoms with van der Waals surface area (Å²) in [6, 6.07) is 6.27. The monoisotopic (exact) mass is 274 g/mol. The van der Waals surface area contributed by atoms with Crippen LogP contribution in [0.4, 0.5) is 10.8 Å². The molecule has 0 saturated carbocycles. The van der Waals surface area contributed by atoms with Crippen LogP contribution >= 0.6 is 11.3 Å². The number of para-hydroxylation sites is 1. The van der Waals surface area contributed by atoms with Gasteiger partial charge in [0.05, 0.1) is 0 Å². The second-order valence-corrected chi connectivity index (χ2v) is 5.77. The lowest BCUT2D eigenvalue weighted by atomic mass is 9.98. The number of aromatic nitrogens is 1. The van der Waals surface area contributed by atoms with Crippen LogP contribution in [0.15, 0.2) is 23.6 Å². The fraction of sp³-hybridized carbons (Fsp3) is 0.333. The quantitative estimate of drug-likeness (QED) is 0.833. The fourth-order valence-corrected chi connectivity index (χ4v) is 2.70. The topological polar surface area (TPSA) is 42.0 Å². The third-order valence-corrected chi connectivity index (χ3v) is 3.78. The molecule has 0 fully saturated rings. The molecule has 1 N–H and O–H groups in total. The van der Waals surface area contributed by atoms with Crippen LogP contribution in [-0.2, 0) is 0 Å². The van der Waals surface area contributed by atoms with E-state index in [1.54, 1.807) is 5.38 Å². The van der Waals surface area contributed by atoms with Gasteiger partial charge in [-0.05, 0) is 24.0 Å². The van der Waals surface area contributed by atoms with Crippen molar-refractivity contribution in [2.45, 2.75) is 33.6 Å². The molecule has 0 unspecified atom stereocenters. The number of aryl methyl sites for hydroxylation is 1. The first kappa shape index (κ1) is 13.7. The normalized spacial score (nSPS) is 10.8. The minimum Gasteiger partial charge on any atom is -0.331 e. The molecule has 100 valence electrons. The minimum absolute atomic E-state index is 0.00170. The summed E-state index contributed by atoms with van der Waals surface area (Å²) in [5.41, 5.74) is 4.07. The van der Waals surface area contributed by atoms with E-state index in [0.29, 0.717) is 11.6 Å². The maximum absolute atomic E-state index is 11.3. The number of anilines is 2. The van der Waals surface area contributed by atoms with Gasteiger partial charge in [-0.3, -0.25) is 4.79 Å². The van der Waals surface area contributed by atoms with Gasteiger partial charge in [0.1, 0.15) is 5.69 Å². The van der Waals surface area contributed by atoms with E-state index in [1.807, 2.05) is 0 Å². The highest BCUT2D eigenvalue weighted by Gasteiger charge is 2.12. The molecule has 0 spiro atoms. The Balaban J connectivity index is 2.34. The summed E-state index contributed by atoms with van der Waals surface area (Å²) in [5.74, 6) is 0.438. The molecule has 19 heavy (non-hydrogen) atoms. The molecule has 3 nitrogen and oxygen atoms in total. The van der Waals surface area contributed by atoms with E-state index in [1.165, 1.54) is 29.4 Å². The number of carbonyl (C=O) groups excluding carboxylic acids is 1. The molecular formula is C15H18N2OS. The number of hydrogen-bond donors (Lipinski definition) is 1. The van der Waals surface area contributed by atoms with Gasteiger partial charge in [0.25, 0.3) is 0 Å². The molecule has 0 aliphatic rings. The number of hydrogen-bond acceptors (Lipinski definition) is 4. The van der Waals surface area contributed by atoms with Crippen LogP contribution in [0.1, 0.15) is 48.3 Å². The van der Waals surface area contributed by atoms with Crippen LogP contribution in [0.25, 0.3) is 0 Å². The smallest absolute Gasteiger partial charge is 0.187 e. The van der Waals surface area contributed by atoms with Crippen LogP contribution in [0.2, 0.25) is 0 Å². The number of nitrogens with one attached hydrogen (secondary N) is 1. The van der Waals surface area contributed by atoms with Crippen molar-refractivity contribution in [3.05, 3.63) is 40.4 Å². The summed E-state index contributed by atoms with van der Waals surface area (Å²) in [5, 5.41) is 5.91. The Bertz CT molecular complexity index is 602. The van der Waals surface area contributed by atoms with Crippen LogP contribution in [-0.4, -0.2) is 10.8 Å². The Morgan fingerprint density at radius 3 is 2.68 bits per heavy atom. The standard InChI is InChI=1S/C15H18N2OS/c1-9(2)12-7-5-6-10(3)14(12)17-15-16-13(8-19-15)11(4)18/h5-9H,1-4H3,(H,16,17). The van der Waals surface area contributed by atoms with E-state index >= 15 is 0 Å². The molecule has 0 bridgehead atoms. The summed E-state index contributed by atoms with van der Waals surface area (Å²) in [4.78, 5) is 15.6. The number of Topliss-reactive ketones (excluding diaryl/α,β-unsaturated/α-hetero) is 1.